The molecule has 0 saturated carbocycles. The molecule has 1 atom stereocenters. The van der Waals surface area contributed by atoms with E-state index in [2.05, 4.69) is 0 Å². The van der Waals surface area contributed by atoms with E-state index in [1.165, 1.54) is 0 Å². The normalized spacial score (nSPS) is 20.3. The smallest absolute Gasteiger partial charge is 0.224 e. The summed E-state index contributed by atoms with van der Waals surface area (Å²) in [5.74, 6) is 0.122. The third kappa shape index (κ3) is 3.05. The third-order valence-corrected chi connectivity index (χ3v) is 2.95. The first-order valence-electron chi connectivity index (χ1n) is 5.95. The topological polar surface area (TPSA) is 55.6 Å². The molecule has 2 rings (SSSR count). The van der Waals surface area contributed by atoms with Crippen molar-refractivity contribution in [2.75, 3.05) is 26.2 Å². The van der Waals surface area contributed by atoms with Gasteiger partial charge in [0.15, 0.2) is 0 Å². The lowest BCUT2D eigenvalue weighted by Crippen LogP contribution is -2.42. The summed E-state index contributed by atoms with van der Waals surface area (Å²) >= 11 is 0. The highest BCUT2D eigenvalue weighted by Gasteiger charge is 2.24. The molecule has 0 aromatic heterocycles. The van der Waals surface area contributed by atoms with Crippen molar-refractivity contribution in [3.05, 3.63) is 35.9 Å². The fourth-order valence-corrected chi connectivity index (χ4v) is 2.03. The summed E-state index contributed by atoms with van der Waals surface area (Å²) in [6, 6.07) is 10.0. The summed E-state index contributed by atoms with van der Waals surface area (Å²) in [7, 11) is 0. The van der Waals surface area contributed by atoms with Crippen molar-refractivity contribution in [2.24, 2.45) is 5.73 Å². The van der Waals surface area contributed by atoms with E-state index < -0.39 is 0 Å². The number of morpholine rings is 1. The predicted molar refractivity (Wildman–Crippen MR) is 65.4 cm³/mol. The monoisotopic (exact) mass is 234 g/mol. The number of ether oxygens (including phenoxy) is 1. The molecule has 1 aromatic carbocycles. The second kappa shape index (κ2) is 5.80. The van der Waals surface area contributed by atoms with Gasteiger partial charge in [-0.05, 0) is 5.56 Å². The molecule has 1 saturated heterocycles. The van der Waals surface area contributed by atoms with E-state index in [1.807, 2.05) is 35.2 Å². The molecule has 1 amide bonds. The number of carbonyl (C=O) groups excluding carboxylic acids is 1. The second-order valence-electron chi connectivity index (χ2n) is 4.15. The quantitative estimate of drug-likeness (QED) is 0.846. The molecule has 17 heavy (non-hydrogen) atoms. The maximum Gasteiger partial charge on any atom is 0.224 e. The van der Waals surface area contributed by atoms with Crippen LogP contribution >= 0.6 is 0 Å². The van der Waals surface area contributed by atoms with Gasteiger partial charge in [-0.15, -0.1) is 0 Å². The molecule has 2 N–H and O–H groups in total. The summed E-state index contributed by atoms with van der Waals surface area (Å²) in [6.07, 6.45) is 0.410. The Morgan fingerprint density at radius 3 is 2.88 bits per heavy atom. The van der Waals surface area contributed by atoms with Crippen molar-refractivity contribution in [1.29, 1.82) is 0 Å². The van der Waals surface area contributed by atoms with E-state index in [4.69, 9.17) is 10.5 Å². The Morgan fingerprint density at radius 2 is 2.18 bits per heavy atom. The Bertz CT molecular complexity index is 367. The zero-order valence-electron chi connectivity index (χ0n) is 9.84. The number of amides is 1. The van der Waals surface area contributed by atoms with E-state index in [0.717, 1.165) is 5.56 Å². The minimum absolute atomic E-state index is 0.00771. The van der Waals surface area contributed by atoms with Crippen LogP contribution in [0.4, 0.5) is 0 Å². The van der Waals surface area contributed by atoms with Crippen molar-refractivity contribution in [2.45, 2.75) is 12.5 Å². The third-order valence-electron chi connectivity index (χ3n) is 2.95. The predicted octanol–water partition coefficient (Wildman–Crippen LogP) is 0.935. The Balaban J connectivity index is 2.00. The van der Waals surface area contributed by atoms with Gasteiger partial charge in [-0.1, -0.05) is 30.3 Å². The van der Waals surface area contributed by atoms with Gasteiger partial charge in [0.05, 0.1) is 13.2 Å². The molecule has 1 heterocycles. The average molecular weight is 234 g/mol. The van der Waals surface area contributed by atoms with Crippen LogP contribution in [0, 0.1) is 0 Å². The molecule has 0 radical (unpaired) electrons. The van der Waals surface area contributed by atoms with Gasteiger partial charge in [0.2, 0.25) is 5.91 Å². The molecule has 0 aliphatic carbocycles. The summed E-state index contributed by atoms with van der Waals surface area (Å²) in [4.78, 5) is 13.6. The maximum atomic E-state index is 11.8. The van der Waals surface area contributed by atoms with Gasteiger partial charge >= 0.3 is 0 Å². The van der Waals surface area contributed by atoms with Gasteiger partial charge in [-0.3, -0.25) is 4.79 Å². The van der Waals surface area contributed by atoms with Gasteiger partial charge in [-0.2, -0.15) is 0 Å². The molecule has 1 unspecified atom stereocenters. The van der Waals surface area contributed by atoms with Crippen LogP contribution in [-0.4, -0.2) is 37.0 Å². The van der Waals surface area contributed by atoms with Crippen LogP contribution < -0.4 is 5.73 Å². The molecular weight excluding hydrogens is 216 g/mol. The lowest BCUT2D eigenvalue weighted by Gasteiger charge is -2.33. The van der Waals surface area contributed by atoms with Gasteiger partial charge in [0.25, 0.3) is 0 Å². The fourth-order valence-electron chi connectivity index (χ4n) is 2.03. The highest BCUT2D eigenvalue weighted by Crippen LogP contribution is 2.22. The van der Waals surface area contributed by atoms with Crippen LogP contribution in [-0.2, 0) is 9.53 Å². The lowest BCUT2D eigenvalue weighted by molar-refractivity contribution is -0.138. The molecule has 1 aliphatic rings. The summed E-state index contributed by atoms with van der Waals surface area (Å²) in [5, 5.41) is 0. The van der Waals surface area contributed by atoms with Crippen molar-refractivity contribution in [3.8, 4) is 0 Å². The number of nitrogens with zero attached hydrogens (tertiary/aromatic N) is 1. The van der Waals surface area contributed by atoms with Crippen molar-refractivity contribution < 1.29 is 9.53 Å². The molecule has 1 aromatic rings. The Morgan fingerprint density at radius 1 is 1.41 bits per heavy atom. The molecule has 4 heteroatoms. The first kappa shape index (κ1) is 12.1. The van der Waals surface area contributed by atoms with E-state index in [9.17, 15) is 4.79 Å². The standard InChI is InChI=1S/C13H18N2O2/c14-7-6-13(16)15-8-9-17-12(10-15)11-4-2-1-3-5-11/h1-5,12H,6-10,14H2. The minimum atomic E-state index is -0.00771. The van der Waals surface area contributed by atoms with Crippen LogP contribution in [0.3, 0.4) is 0 Å². The van der Waals surface area contributed by atoms with Gasteiger partial charge in [0, 0.05) is 19.5 Å². The van der Waals surface area contributed by atoms with Crippen LogP contribution in [0.2, 0.25) is 0 Å². The lowest BCUT2D eigenvalue weighted by atomic mass is 10.1. The summed E-state index contributed by atoms with van der Waals surface area (Å²) < 4.78 is 5.70. The van der Waals surface area contributed by atoms with Crippen LogP contribution in [0.1, 0.15) is 18.1 Å². The maximum absolute atomic E-state index is 11.8. The van der Waals surface area contributed by atoms with Crippen LogP contribution in [0.5, 0.6) is 0 Å². The fraction of sp³-hybridized carbons (Fsp3) is 0.462. The van der Waals surface area contributed by atoms with Crippen LogP contribution in [0.25, 0.3) is 0 Å². The average Bonchev–Trinajstić information content (AvgIpc) is 2.40. The van der Waals surface area contributed by atoms with Crippen molar-refractivity contribution in [3.63, 3.8) is 0 Å². The molecule has 0 bridgehead atoms. The van der Waals surface area contributed by atoms with E-state index in [1.54, 1.807) is 0 Å². The minimum Gasteiger partial charge on any atom is -0.370 e. The highest BCUT2D eigenvalue weighted by atomic mass is 16.5. The SMILES string of the molecule is NCCC(=O)N1CCOC(c2ccccc2)C1. The second-order valence-corrected chi connectivity index (χ2v) is 4.15. The Labute approximate surface area is 101 Å². The molecule has 92 valence electrons. The van der Waals surface area contributed by atoms with Crippen LogP contribution in [0.15, 0.2) is 30.3 Å². The van der Waals surface area contributed by atoms with Gasteiger partial charge in [-0.25, -0.2) is 0 Å². The Hall–Kier alpha value is -1.39. The Kier molecular flexibility index (Phi) is 4.12. The number of hydrogen-bond donors (Lipinski definition) is 1. The molecular formula is C13H18N2O2. The van der Waals surface area contributed by atoms with Gasteiger partial charge < -0.3 is 15.4 Å². The van der Waals surface area contributed by atoms with Gasteiger partial charge in [0.1, 0.15) is 6.10 Å². The number of hydrogen-bond acceptors (Lipinski definition) is 3. The molecule has 1 fully saturated rings. The summed E-state index contributed by atoms with van der Waals surface area (Å²) in [5.41, 5.74) is 6.53. The number of carbonyl (C=O) groups is 1. The first-order valence-corrected chi connectivity index (χ1v) is 5.95. The molecule has 4 nitrogen and oxygen atoms in total. The highest BCUT2D eigenvalue weighted by molar-refractivity contribution is 5.76. The molecule has 0 spiro atoms. The number of benzene rings is 1. The van der Waals surface area contributed by atoms with E-state index in [0.29, 0.717) is 32.7 Å². The zero-order chi connectivity index (χ0) is 12.1. The van der Waals surface area contributed by atoms with E-state index in [-0.39, 0.29) is 12.0 Å². The first-order chi connectivity index (χ1) is 8.31. The van der Waals surface area contributed by atoms with Crippen molar-refractivity contribution in [1.82, 2.24) is 4.90 Å². The van der Waals surface area contributed by atoms with E-state index >= 15 is 0 Å². The number of nitrogens with two attached hydrogens (primary N) is 1. The largest absolute Gasteiger partial charge is 0.370 e. The summed E-state index contributed by atoms with van der Waals surface area (Å²) in [6.45, 7) is 2.30. The zero-order valence-corrected chi connectivity index (χ0v) is 9.84. The number of rotatable bonds is 3. The molecule has 1 aliphatic heterocycles. The van der Waals surface area contributed by atoms with Crippen molar-refractivity contribution >= 4 is 5.91 Å².